The summed E-state index contributed by atoms with van der Waals surface area (Å²) in [4.78, 5) is 23.6. The molecule has 2 fully saturated rings. The van der Waals surface area contributed by atoms with E-state index in [1.807, 2.05) is 0 Å². The summed E-state index contributed by atoms with van der Waals surface area (Å²) in [5.74, 6) is -1.78. The first-order valence-electron chi connectivity index (χ1n) is 5.49. The molecule has 1 saturated heterocycles. The molecule has 4 nitrogen and oxygen atoms in total. The van der Waals surface area contributed by atoms with Crippen molar-refractivity contribution in [2.75, 3.05) is 0 Å². The van der Waals surface area contributed by atoms with Crippen molar-refractivity contribution >= 4 is 11.9 Å². The van der Waals surface area contributed by atoms with Gasteiger partial charge in [0.15, 0.2) is 5.41 Å². The van der Waals surface area contributed by atoms with Gasteiger partial charge in [-0.1, -0.05) is 6.92 Å². The van der Waals surface area contributed by atoms with E-state index in [-0.39, 0.29) is 0 Å². The summed E-state index contributed by atoms with van der Waals surface area (Å²) in [5, 5.41) is 0. The van der Waals surface area contributed by atoms with E-state index in [2.05, 4.69) is 0 Å². The van der Waals surface area contributed by atoms with Crippen molar-refractivity contribution in [3.05, 3.63) is 0 Å². The van der Waals surface area contributed by atoms with Gasteiger partial charge in [-0.2, -0.15) is 0 Å². The molecule has 0 radical (unpaired) electrons. The zero-order valence-electron chi connectivity index (χ0n) is 9.17. The van der Waals surface area contributed by atoms with Crippen molar-refractivity contribution in [1.29, 1.82) is 0 Å². The molecule has 1 aliphatic heterocycles. The molecule has 0 unspecified atom stereocenters. The minimum Gasteiger partial charge on any atom is -0.422 e. The van der Waals surface area contributed by atoms with Crippen molar-refractivity contribution in [3.63, 3.8) is 0 Å². The van der Waals surface area contributed by atoms with E-state index >= 15 is 0 Å². The second kappa shape index (κ2) is 3.22. The topological polar surface area (TPSA) is 52.6 Å². The Morgan fingerprint density at radius 3 is 2.00 bits per heavy atom. The van der Waals surface area contributed by atoms with Gasteiger partial charge in [0.05, 0.1) is 0 Å². The maximum atomic E-state index is 11.8. The Morgan fingerprint density at radius 2 is 1.60 bits per heavy atom. The largest absolute Gasteiger partial charge is 0.422 e. The van der Waals surface area contributed by atoms with Crippen LogP contribution in [0.15, 0.2) is 0 Å². The van der Waals surface area contributed by atoms with Gasteiger partial charge in [0.1, 0.15) is 0 Å². The van der Waals surface area contributed by atoms with E-state index < -0.39 is 23.1 Å². The predicted molar refractivity (Wildman–Crippen MR) is 51.8 cm³/mol. The molecule has 0 amide bonds. The van der Waals surface area contributed by atoms with Gasteiger partial charge < -0.3 is 9.47 Å². The molecule has 0 aromatic heterocycles. The molecule has 1 spiro atoms. The van der Waals surface area contributed by atoms with Gasteiger partial charge in [0.25, 0.3) is 5.79 Å². The predicted octanol–water partition coefficient (Wildman–Crippen LogP) is 1.77. The number of carbonyl (C=O) groups excluding carboxylic acids is 2. The molecular formula is C11H16O4. The van der Waals surface area contributed by atoms with Crippen LogP contribution < -0.4 is 0 Å². The molecule has 15 heavy (non-hydrogen) atoms. The molecule has 0 aromatic rings. The molecule has 4 heteroatoms. The Labute approximate surface area is 88.9 Å². The van der Waals surface area contributed by atoms with E-state index in [1.165, 1.54) is 0 Å². The molecule has 2 aliphatic rings. The number of esters is 2. The lowest BCUT2D eigenvalue weighted by Crippen LogP contribution is -2.53. The average molecular weight is 212 g/mol. The molecule has 1 aliphatic carbocycles. The Bertz CT molecular complexity index is 282. The van der Waals surface area contributed by atoms with Gasteiger partial charge in [0, 0.05) is 12.8 Å². The first kappa shape index (κ1) is 10.5. The summed E-state index contributed by atoms with van der Waals surface area (Å²) in [7, 11) is 0. The minimum atomic E-state index is -1.10. The third-order valence-corrected chi connectivity index (χ3v) is 3.53. The van der Waals surface area contributed by atoms with Crippen LogP contribution in [0.5, 0.6) is 0 Å². The van der Waals surface area contributed by atoms with E-state index in [0.717, 1.165) is 12.8 Å². The molecule has 0 N–H and O–H groups in total. The van der Waals surface area contributed by atoms with Gasteiger partial charge in [0.2, 0.25) is 0 Å². The molecule has 2 rings (SSSR count). The molecule has 1 saturated carbocycles. The zero-order chi connectivity index (χ0) is 11.1. The van der Waals surface area contributed by atoms with Crippen molar-refractivity contribution in [3.8, 4) is 0 Å². The van der Waals surface area contributed by atoms with Gasteiger partial charge >= 0.3 is 11.9 Å². The van der Waals surface area contributed by atoms with Crippen LogP contribution in [0.2, 0.25) is 0 Å². The lowest BCUT2D eigenvalue weighted by atomic mass is 9.86. The van der Waals surface area contributed by atoms with E-state index in [9.17, 15) is 9.59 Å². The van der Waals surface area contributed by atoms with E-state index in [1.54, 1.807) is 13.8 Å². The van der Waals surface area contributed by atoms with Gasteiger partial charge in [-0.15, -0.1) is 0 Å². The summed E-state index contributed by atoms with van der Waals surface area (Å²) in [6.07, 6.45) is 3.60. The number of hydrogen-bond donors (Lipinski definition) is 0. The number of ether oxygens (including phenoxy) is 2. The van der Waals surface area contributed by atoms with Crippen LogP contribution in [-0.4, -0.2) is 17.7 Å². The normalized spacial score (nSPS) is 27.6. The average Bonchev–Trinajstić information content (AvgIpc) is 2.63. The standard InChI is InChI=1S/C11H16O4/c1-3-10(2)8(12)14-11(15-9(10)13)6-4-5-7-11/h3-7H2,1-2H3. The van der Waals surface area contributed by atoms with Crippen LogP contribution >= 0.6 is 0 Å². The SMILES string of the molecule is CCC1(C)C(=O)OC2(CCCC2)OC1=O. The van der Waals surface area contributed by atoms with E-state index in [0.29, 0.717) is 19.3 Å². The van der Waals surface area contributed by atoms with Crippen molar-refractivity contribution in [2.24, 2.45) is 5.41 Å². The molecule has 0 aromatic carbocycles. The highest BCUT2D eigenvalue weighted by molar-refractivity contribution is 6.01. The Balaban J connectivity index is 2.23. The van der Waals surface area contributed by atoms with Crippen molar-refractivity contribution < 1.29 is 19.1 Å². The molecule has 84 valence electrons. The van der Waals surface area contributed by atoms with Crippen LogP contribution in [-0.2, 0) is 19.1 Å². The maximum absolute atomic E-state index is 11.8. The smallest absolute Gasteiger partial charge is 0.326 e. The van der Waals surface area contributed by atoms with Crippen LogP contribution in [0.25, 0.3) is 0 Å². The summed E-state index contributed by atoms with van der Waals surface area (Å²) in [6.45, 7) is 3.37. The fourth-order valence-electron chi connectivity index (χ4n) is 2.07. The summed E-state index contributed by atoms with van der Waals surface area (Å²) in [6, 6.07) is 0. The van der Waals surface area contributed by atoms with Gasteiger partial charge in [-0.25, -0.2) is 0 Å². The van der Waals surface area contributed by atoms with E-state index in [4.69, 9.17) is 9.47 Å². The highest BCUT2D eigenvalue weighted by Gasteiger charge is 2.55. The van der Waals surface area contributed by atoms with Crippen LogP contribution in [0.1, 0.15) is 46.0 Å². The van der Waals surface area contributed by atoms with Gasteiger partial charge in [-0.05, 0) is 26.2 Å². The lowest BCUT2D eigenvalue weighted by molar-refractivity contribution is -0.259. The quantitative estimate of drug-likeness (QED) is 0.491. The third kappa shape index (κ3) is 1.43. The number of hydrogen-bond acceptors (Lipinski definition) is 4. The molecule has 0 bridgehead atoms. The van der Waals surface area contributed by atoms with Gasteiger partial charge in [-0.3, -0.25) is 9.59 Å². The Hall–Kier alpha value is -1.06. The van der Waals surface area contributed by atoms with Crippen LogP contribution in [0, 0.1) is 5.41 Å². The first-order chi connectivity index (χ1) is 7.02. The minimum absolute atomic E-state index is 0.417. The second-order valence-electron chi connectivity index (χ2n) is 4.58. The monoisotopic (exact) mass is 212 g/mol. The Kier molecular flexibility index (Phi) is 2.24. The fourth-order valence-corrected chi connectivity index (χ4v) is 2.07. The fraction of sp³-hybridized carbons (Fsp3) is 0.818. The Morgan fingerprint density at radius 1 is 1.13 bits per heavy atom. The van der Waals surface area contributed by atoms with Crippen LogP contribution in [0.4, 0.5) is 0 Å². The van der Waals surface area contributed by atoms with Crippen molar-refractivity contribution in [2.45, 2.75) is 51.7 Å². The zero-order valence-corrected chi connectivity index (χ0v) is 9.17. The molecular weight excluding hydrogens is 196 g/mol. The maximum Gasteiger partial charge on any atom is 0.326 e. The highest BCUT2D eigenvalue weighted by Crippen LogP contribution is 2.42. The highest BCUT2D eigenvalue weighted by atomic mass is 16.7. The summed E-state index contributed by atoms with van der Waals surface area (Å²) in [5.41, 5.74) is -1.10. The first-order valence-corrected chi connectivity index (χ1v) is 5.49. The van der Waals surface area contributed by atoms with Crippen molar-refractivity contribution in [1.82, 2.24) is 0 Å². The lowest BCUT2D eigenvalue weighted by Gasteiger charge is -2.39. The number of rotatable bonds is 1. The summed E-state index contributed by atoms with van der Waals surface area (Å²) >= 11 is 0. The molecule has 1 heterocycles. The molecule has 0 atom stereocenters. The number of carbonyl (C=O) groups is 2. The van der Waals surface area contributed by atoms with Crippen LogP contribution in [0.3, 0.4) is 0 Å². The third-order valence-electron chi connectivity index (χ3n) is 3.53. The second-order valence-corrected chi connectivity index (χ2v) is 4.58. The summed E-state index contributed by atoms with van der Waals surface area (Å²) < 4.78 is 10.7.